The fraction of sp³-hybridized carbons (Fsp3) is 0.222. The summed E-state index contributed by atoms with van der Waals surface area (Å²) in [4.78, 5) is 11.2. The van der Waals surface area contributed by atoms with Crippen LogP contribution in [0.2, 0.25) is 0 Å². The Morgan fingerprint density at radius 2 is 2.04 bits per heavy atom. The number of anilines is 1. The second kappa shape index (κ2) is 7.37. The Labute approximate surface area is 156 Å². The lowest BCUT2D eigenvalue weighted by atomic mass is 10.1. The minimum atomic E-state index is -3.94. The largest absolute Gasteiger partial charge is 0.478 e. The van der Waals surface area contributed by atoms with Gasteiger partial charge >= 0.3 is 5.97 Å². The number of aromatic nitrogens is 2. The van der Waals surface area contributed by atoms with Crippen molar-refractivity contribution in [2.75, 3.05) is 18.4 Å². The molecule has 0 aliphatic rings. The van der Waals surface area contributed by atoms with Crippen LogP contribution in [0.1, 0.15) is 15.9 Å². The summed E-state index contributed by atoms with van der Waals surface area (Å²) in [7, 11) is -2.34. The predicted molar refractivity (Wildman–Crippen MR) is 101 cm³/mol. The molecule has 0 saturated heterocycles. The Morgan fingerprint density at radius 3 is 2.74 bits per heavy atom. The van der Waals surface area contributed by atoms with Gasteiger partial charge in [-0.3, -0.25) is 9.40 Å². The van der Waals surface area contributed by atoms with Gasteiger partial charge in [-0.2, -0.15) is 5.10 Å². The Morgan fingerprint density at radius 1 is 1.26 bits per heavy atom. The topological polar surface area (TPSA) is 111 Å². The molecule has 0 fully saturated rings. The maximum absolute atomic E-state index is 12.7. The van der Waals surface area contributed by atoms with Crippen molar-refractivity contribution >= 4 is 32.6 Å². The molecule has 3 rings (SSSR count). The molecular weight excluding hydrogens is 370 g/mol. The van der Waals surface area contributed by atoms with Gasteiger partial charge in [-0.05, 0) is 42.8 Å². The maximum atomic E-state index is 12.7. The van der Waals surface area contributed by atoms with Crippen LogP contribution in [0.25, 0.3) is 10.9 Å². The number of fused-ring (bicyclic) bond motifs is 1. The molecule has 8 nitrogen and oxygen atoms in total. The van der Waals surface area contributed by atoms with Gasteiger partial charge in [0.05, 0.1) is 41.0 Å². The van der Waals surface area contributed by atoms with Crippen molar-refractivity contribution in [1.82, 2.24) is 9.78 Å². The van der Waals surface area contributed by atoms with Crippen LogP contribution >= 0.6 is 0 Å². The van der Waals surface area contributed by atoms with Crippen molar-refractivity contribution in [1.29, 1.82) is 0 Å². The summed E-state index contributed by atoms with van der Waals surface area (Å²) in [5.41, 5.74) is 1.57. The highest BCUT2D eigenvalue weighted by atomic mass is 32.2. The van der Waals surface area contributed by atoms with E-state index in [4.69, 9.17) is 4.74 Å². The Kier molecular flexibility index (Phi) is 5.15. The van der Waals surface area contributed by atoms with Gasteiger partial charge in [-0.25, -0.2) is 13.2 Å². The summed E-state index contributed by atoms with van der Waals surface area (Å²) in [5.74, 6) is -1.17. The summed E-state index contributed by atoms with van der Waals surface area (Å²) < 4.78 is 34.6. The zero-order chi connectivity index (χ0) is 19.6. The molecule has 0 aliphatic carbocycles. The normalized spacial score (nSPS) is 11.6. The standard InChI is InChI=1S/C18H19N3O5S/c1-12-3-6-15(10-16(12)18(22)23)27(24,25)20-14-5-4-13-11-19-21(7-8-26-2)17(13)9-14/h3-6,9-11,20H,7-8H2,1-2H3,(H,22,23). The number of rotatable bonds is 7. The zero-order valence-electron chi connectivity index (χ0n) is 14.8. The van der Waals surface area contributed by atoms with Crippen molar-refractivity contribution in [3.8, 4) is 0 Å². The molecule has 0 bridgehead atoms. The SMILES string of the molecule is COCCn1ncc2ccc(NS(=O)(=O)c3ccc(C)c(C(=O)O)c3)cc21. The van der Waals surface area contributed by atoms with Gasteiger partial charge in [-0.1, -0.05) is 6.07 Å². The highest BCUT2D eigenvalue weighted by molar-refractivity contribution is 7.92. The molecule has 0 saturated carbocycles. The van der Waals surface area contributed by atoms with Crippen molar-refractivity contribution in [2.45, 2.75) is 18.4 Å². The van der Waals surface area contributed by atoms with E-state index in [9.17, 15) is 18.3 Å². The molecule has 2 aromatic carbocycles. The van der Waals surface area contributed by atoms with Crippen molar-refractivity contribution in [3.05, 3.63) is 53.7 Å². The van der Waals surface area contributed by atoms with Crippen LogP contribution in [0.4, 0.5) is 5.69 Å². The van der Waals surface area contributed by atoms with E-state index in [1.807, 2.05) is 0 Å². The van der Waals surface area contributed by atoms with Crippen molar-refractivity contribution in [2.24, 2.45) is 0 Å². The number of methoxy groups -OCH3 is 1. The molecule has 1 heterocycles. The highest BCUT2D eigenvalue weighted by Gasteiger charge is 2.18. The summed E-state index contributed by atoms with van der Waals surface area (Å²) in [6.07, 6.45) is 1.70. The molecule has 2 N–H and O–H groups in total. The van der Waals surface area contributed by atoms with Crippen LogP contribution in [0.3, 0.4) is 0 Å². The summed E-state index contributed by atoms with van der Waals surface area (Å²) >= 11 is 0. The second-order valence-corrected chi connectivity index (χ2v) is 7.70. The number of aryl methyl sites for hydroxylation is 1. The van der Waals surface area contributed by atoms with Crippen molar-refractivity contribution in [3.63, 3.8) is 0 Å². The van der Waals surface area contributed by atoms with Gasteiger partial charge in [0, 0.05) is 12.5 Å². The lowest BCUT2D eigenvalue weighted by Gasteiger charge is -2.10. The first-order chi connectivity index (χ1) is 12.8. The van der Waals surface area contributed by atoms with E-state index in [0.717, 1.165) is 17.0 Å². The number of nitrogens with zero attached hydrogens (tertiary/aromatic N) is 2. The van der Waals surface area contributed by atoms with Crippen LogP contribution in [0, 0.1) is 6.92 Å². The van der Waals surface area contributed by atoms with Gasteiger partial charge in [0.2, 0.25) is 0 Å². The van der Waals surface area contributed by atoms with Crippen LogP contribution in [-0.2, 0) is 21.3 Å². The number of sulfonamides is 1. The first-order valence-corrected chi connectivity index (χ1v) is 9.61. The quantitative estimate of drug-likeness (QED) is 0.642. The van der Waals surface area contributed by atoms with Gasteiger partial charge in [0.15, 0.2) is 0 Å². The number of nitrogens with one attached hydrogen (secondary N) is 1. The molecule has 27 heavy (non-hydrogen) atoms. The number of hydrogen-bond acceptors (Lipinski definition) is 5. The molecule has 1 aromatic heterocycles. The Hall–Kier alpha value is -2.91. The van der Waals surface area contributed by atoms with E-state index in [1.54, 1.807) is 43.1 Å². The van der Waals surface area contributed by atoms with E-state index < -0.39 is 16.0 Å². The summed E-state index contributed by atoms with van der Waals surface area (Å²) in [6, 6.07) is 9.09. The smallest absolute Gasteiger partial charge is 0.335 e. The lowest BCUT2D eigenvalue weighted by Crippen LogP contribution is -2.14. The van der Waals surface area contributed by atoms with Crippen molar-refractivity contribution < 1.29 is 23.1 Å². The van der Waals surface area contributed by atoms with Crippen LogP contribution in [0.5, 0.6) is 0 Å². The number of carbonyl (C=O) groups is 1. The molecule has 0 amide bonds. The molecule has 0 radical (unpaired) electrons. The third kappa shape index (κ3) is 3.93. The second-order valence-electron chi connectivity index (χ2n) is 6.02. The third-order valence-corrected chi connectivity index (χ3v) is 5.53. The average molecular weight is 389 g/mol. The maximum Gasteiger partial charge on any atom is 0.335 e. The molecule has 0 aliphatic heterocycles. The van der Waals surface area contributed by atoms with E-state index >= 15 is 0 Å². The predicted octanol–water partition coefficient (Wildman–Crippen LogP) is 2.49. The van der Waals surface area contributed by atoms with Gasteiger partial charge in [0.25, 0.3) is 10.0 Å². The number of ether oxygens (including phenoxy) is 1. The zero-order valence-corrected chi connectivity index (χ0v) is 15.7. The molecule has 0 atom stereocenters. The number of aromatic carboxylic acids is 1. The number of benzene rings is 2. The van der Waals surface area contributed by atoms with Gasteiger partial charge in [-0.15, -0.1) is 0 Å². The fourth-order valence-electron chi connectivity index (χ4n) is 2.70. The van der Waals surface area contributed by atoms with Gasteiger partial charge in [0.1, 0.15) is 0 Å². The molecule has 9 heteroatoms. The Bertz CT molecular complexity index is 1110. The van der Waals surface area contributed by atoms with Crippen LogP contribution < -0.4 is 4.72 Å². The first-order valence-electron chi connectivity index (χ1n) is 8.13. The summed E-state index contributed by atoms with van der Waals surface area (Å²) in [6.45, 7) is 2.63. The lowest BCUT2D eigenvalue weighted by molar-refractivity contribution is 0.0696. The minimum absolute atomic E-state index is 0.0500. The van der Waals surface area contributed by atoms with Gasteiger partial charge < -0.3 is 9.84 Å². The molecule has 3 aromatic rings. The average Bonchev–Trinajstić information content (AvgIpc) is 3.01. The monoisotopic (exact) mass is 389 g/mol. The minimum Gasteiger partial charge on any atom is -0.478 e. The molecule has 0 unspecified atom stereocenters. The summed E-state index contributed by atoms with van der Waals surface area (Å²) in [5, 5.41) is 14.3. The van der Waals surface area contributed by atoms with Crippen LogP contribution in [-0.4, -0.2) is 43.0 Å². The molecule has 0 spiro atoms. The van der Waals surface area contributed by atoms with Crippen LogP contribution in [0.15, 0.2) is 47.5 Å². The Balaban J connectivity index is 1.94. The molecule has 142 valence electrons. The number of hydrogen-bond donors (Lipinski definition) is 2. The number of carboxylic acid groups (broad SMARTS) is 1. The third-order valence-electron chi connectivity index (χ3n) is 4.15. The highest BCUT2D eigenvalue weighted by Crippen LogP contribution is 2.23. The van der Waals surface area contributed by atoms with E-state index in [2.05, 4.69) is 9.82 Å². The first kappa shape index (κ1) is 18.9. The van der Waals surface area contributed by atoms with E-state index in [-0.39, 0.29) is 10.5 Å². The number of carboxylic acids is 1. The molecular formula is C18H19N3O5S. The van der Waals surface area contributed by atoms with E-state index in [0.29, 0.717) is 24.4 Å². The van der Waals surface area contributed by atoms with E-state index in [1.165, 1.54) is 12.1 Å². The fourth-order valence-corrected chi connectivity index (χ4v) is 3.78.